The quantitative estimate of drug-likeness (QED) is 0.875. The van der Waals surface area contributed by atoms with Gasteiger partial charge in [-0.2, -0.15) is 0 Å². The molecule has 0 aliphatic carbocycles. The Labute approximate surface area is 147 Å². The minimum absolute atomic E-state index is 0.000122. The van der Waals surface area contributed by atoms with Gasteiger partial charge < -0.3 is 19.9 Å². The van der Waals surface area contributed by atoms with Crippen molar-refractivity contribution in [3.63, 3.8) is 0 Å². The molecule has 0 unspecified atom stereocenters. The molecule has 2 atom stereocenters. The molecule has 0 fully saturated rings. The number of fused-ring (bicyclic) bond motifs is 1. The van der Waals surface area contributed by atoms with E-state index in [4.69, 9.17) is 9.26 Å². The Bertz CT molecular complexity index is 722. The fourth-order valence-corrected chi connectivity index (χ4v) is 3.18. The van der Waals surface area contributed by atoms with E-state index in [0.717, 1.165) is 29.2 Å². The second-order valence-electron chi connectivity index (χ2n) is 6.75. The highest BCUT2D eigenvalue weighted by Gasteiger charge is 2.20. The van der Waals surface area contributed by atoms with Crippen molar-refractivity contribution in [2.24, 2.45) is 5.92 Å². The van der Waals surface area contributed by atoms with Gasteiger partial charge in [0, 0.05) is 24.1 Å². The molecule has 1 aromatic carbocycles. The lowest BCUT2D eigenvalue weighted by atomic mass is 9.97. The number of hydrogen-bond acceptors (Lipinski definition) is 4. The van der Waals surface area contributed by atoms with Crippen LogP contribution >= 0.6 is 0 Å². The highest BCUT2D eigenvalue weighted by molar-refractivity contribution is 5.74. The maximum Gasteiger partial charge on any atom is 0.315 e. The van der Waals surface area contributed by atoms with Crippen LogP contribution in [0, 0.1) is 19.8 Å². The van der Waals surface area contributed by atoms with E-state index in [1.807, 2.05) is 39.0 Å². The molecule has 1 aliphatic rings. The second kappa shape index (κ2) is 7.59. The van der Waals surface area contributed by atoms with E-state index in [1.54, 1.807) is 0 Å². The number of nitrogens with one attached hydrogen (secondary N) is 2. The summed E-state index contributed by atoms with van der Waals surface area (Å²) in [5.41, 5.74) is 3.14. The first kappa shape index (κ1) is 17.3. The predicted octanol–water partition coefficient (Wildman–Crippen LogP) is 2.77. The lowest BCUT2D eigenvalue weighted by Gasteiger charge is -2.25. The summed E-state index contributed by atoms with van der Waals surface area (Å²) in [4.78, 5) is 12.1. The third-order valence-electron chi connectivity index (χ3n) is 4.58. The molecule has 6 heteroatoms. The smallest absolute Gasteiger partial charge is 0.315 e. The van der Waals surface area contributed by atoms with Crippen molar-refractivity contribution in [3.05, 3.63) is 46.8 Å². The van der Waals surface area contributed by atoms with E-state index < -0.39 is 0 Å². The van der Waals surface area contributed by atoms with E-state index in [2.05, 4.69) is 21.9 Å². The van der Waals surface area contributed by atoms with Crippen LogP contribution in [0.2, 0.25) is 0 Å². The molecule has 1 aromatic heterocycles. The predicted molar refractivity (Wildman–Crippen MR) is 94.8 cm³/mol. The van der Waals surface area contributed by atoms with E-state index in [-0.39, 0.29) is 12.1 Å². The molecule has 6 nitrogen and oxygen atoms in total. The van der Waals surface area contributed by atoms with Gasteiger partial charge in [-0.25, -0.2) is 4.79 Å². The van der Waals surface area contributed by atoms with Gasteiger partial charge in [-0.3, -0.25) is 0 Å². The second-order valence-corrected chi connectivity index (χ2v) is 6.75. The summed E-state index contributed by atoms with van der Waals surface area (Å²) in [6.45, 7) is 7.01. The summed E-state index contributed by atoms with van der Waals surface area (Å²) >= 11 is 0. The van der Waals surface area contributed by atoms with Crippen molar-refractivity contribution in [3.8, 4) is 5.75 Å². The molecule has 0 saturated carbocycles. The normalized spacial score (nSPS) is 17.3. The zero-order chi connectivity index (χ0) is 17.8. The van der Waals surface area contributed by atoms with Crippen molar-refractivity contribution in [1.82, 2.24) is 15.8 Å². The topological polar surface area (TPSA) is 76.4 Å². The van der Waals surface area contributed by atoms with Crippen LogP contribution in [0.4, 0.5) is 4.79 Å². The van der Waals surface area contributed by atoms with Gasteiger partial charge in [0.1, 0.15) is 11.5 Å². The summed E-state index contributed by atoms with van der Waals surface area (Å²) in [7, 11) is 0. The molecule has 0 radical (unpaired) electrons. The lowest BCUT2D eigenvalue weighted by Crippen LogP contribution is -2.44. The van der Waals surface area contributed by atoms with Gasteiger partial charge in [-0.15, -0.1) is 0 Å². The van der Waals surface area contributed by atoms with Crippen LogP contribution in [-0.2, 0) is 12.8 Å². The Hall–Kier alpha value is -2.50. The number of carbonyl (C=O) groups is 1. The largest absolute Gasteiger partial charge is 0.493 e. The van der Waals surface area contributed by atoms with Crippen LogP contribution < -0.4 is 15.4 Å². The summed E-state index contributed by atoms with van der Waals surface area (Å²) in [6, 6.07) is 7.90. The maximum atomic E-state index is 12.1. The van der Waals surface area contributed by atoms with Crippen LogP contribution in [-0.4, -0.2) is 30.4 Å². The van der Waals surface area contributed by atoms with Crippen molar-refractivity contribution < 1.29 is 14.1 Å². The highest BCUT2D eigenvalue weighted by Crippen LogP contribution is 2.26. The van der Waals surface area contributed by atoms with Gasteiger partial charge in [0.05, 0.1) is 12.3 Å². The summed E-state index contributed by atoms with van der Waals surface area (Å²) in [6.07, 6.45) is 1.62. The lowest BCUT2D eigenvalue weighted by molar-refractivity contribution is 0.210. The van der Waals surface area contributed by atoms with Crippen molar-refractivity contribution >= 4 is 6.03 Å². The number of benzene rings is 1. The monoisotopic (exact) mass is 343 g/mol. The molecule has 2 aromatic rings. The van der Waals surface area contributed by atoms with Gasteiger partial charge in [-0.05, 0) is 45.2 Å². The van der Waals surface area contributed by atoms with Crippen LogP contribution in [0.3, 0.4) is 0 Å². The number of hydrogen-bond donors (Lipinski definition) is 2. The Morgan fingerprint density at radius 1 is 1.36 bits per heavy atom. The fraction of sp³-hybridized carbons (Fsp3) is 0.474. The van der Waals surface area contributed by atoms with Crippen LogP contribution in [0.5, 0.6) is 5.75 Å². The third-order valence-corrected chi connectivity index (χ3v) is 4.58. The van der Waals surface area contributed by atoms with Crippen LogP contribution in [0.1, 0.15) is 29.5 Å². The van der Waals surface area contributed by atoms with E-state index >= 15 is 0 Å². The minimum atomic E-state index is -0.155. The van der Waals surface area contributed by atoms with Crippen molar-refractivity contribution in [2.45, 2.75) is 39.7 Å². The Morgan fingerprint density at radius 2 is 2.16 bits per heavy atom. The number of aromatic nitrogens is 1. The summed E-state index contributed by atoms with van der Waals surface area (Å²) in [5.74, 6) is 2.05. The molecule has 3 rings (SSSR count). The number of urea groups is 1. The van der Waals surface area contributed by atoms with Gasteiger partial charge in [-0.1, -0.05) is 23.4 Å². The summed E-state index contributed by atoms with van der Waals surface area (Å²) < 4.78 is 10.9. The van der Waals surface area contributed by atoms with Gasteiger partial charge in [0.15, 0.2) is 0 Å². The first-order chi connectivity index (χ1) is 12.0. The molecule has 1 aliphatic heterocycles. The summed E-state index contributed by atoms with van der Waals surface area (Å²) in [5, 5.41) is 9.87. The van der Waals surface area contributed by atoms with Crippen molar-refractivity contribution in [2.75, 3.05) is 13.2 Å². The first-order valence-corrected chi connectivity index (χ1v) is 8.69. The fourth-order valence-electron chi connectivity index (χ4n) is 3.18. The third kappa shape index (κ3) is 4.32. The molecule has 0 saturated heterocycles. The van der Waals surface area contributed by atoms with Crippen molar-refractivity contribution in [1.29, 1.82) is 0 Å². The molecule has 2 heterocycles. The molecule has 25 heavy (non-hydrogen) atoms. The molecular weight excluding hydrogens is 318 g/mol. The number of nitrogens with zero attached hydrogens (tertiary/aromatic N) is 1. The Balaban J connectivity index is 1.44. The average Bonchev–Trinajstić information content (AvgIpc) is 2.91. The molecule has 2 N–H and O–H groups in total. The van der Waals surface area contributed by atoms with E-state index in [9.17, 15) is 4.79 Å². The maximum absolute atomic E-state index is 12.1. The standard InChI is InChI=1S/C19H25N3O3/c1-12(8-17-13(2)22-25-14(17)3)21-19(23)20-10-15-9-16-6-4-5-7-18(16)24-11-15/h4-7,12,15H,8-11H2,1-3H3,(H2,20,21,23)/t12-,15+/m1/s1. The average molecular weight is 343 g/mol. The van der Waals surface area contributed by atoms with Crippen LogP contribution in [0.25, 0.3) is 0 Å². The number of ether oxygens (including phenoxy) is 1. The molecule has 0 spiro atoms. The Morgan fingerprint density at radius 3 is 2.92 bits per heavy atom. The van der Waals surface area contributed by atoms with Gasteiger partial charge >= 0.3 is 6.03 Å². The van der Waals surface area contributed by atoms with Gasteiger partial charge in [0.2, 0.25) is 0 Å². The molecule has 0 bridgehead atoms. The van der Waals surface area contributed by atoms with Gasteiger partial charge in [0.25, 0.3) is 0 Å². The number of carbonyl (C=O) groups excluding carboxylic acids is 1. The number of aryl methyl sites for hydroxylation is 2. The molecular formula is C19H25N3O3. The van der Waals surface area contributed by atoms with E-state index in [0.29, 0.717) is 25.5 Å². The minimum Gasteiger partial charge on any atom is -0.493 e. The molecule has 134 valence electrons. The SMILES string of the molecule is Cc1noc(C)c1C[C@@H](C)NC(=O)NC[C@H]1COc2ccccc2C1. The van der Waals surface area contributed by atoms with E-state index in [1.165, 1.54) is 5.56 Å². The highest BCUT2D eigenvalue weighted by atomic mass is 16.5. The van der Waals surface area contributed by atoms with Crippen LogP contribution in [0.15, 0.2) is 28.8 Å². The number of rotatable bonds is 5. The number of para-hydroxylation sites is 1. The Kier molecular flexibility index (Phi) is 5.26. The molecule has 2 amide bonds. The zero-order valence-corrected chi connectivity index (χ0v) is 15.0. The zero-order valence-electron chi connectivity index (χ0n) is 15.0. The number of amides is 2. The first-order valence-electron chi connectivity index (χ1n) is 8.69.